The van der Waals surface area contributed by atoms with E-state index < -0.39 is 5.82 Å². The van der Waals surface area contributed by atoms with E-state index in [-0.39, 0.29) is 11.7 Å². The van der Waals surface area contributed by atoms with Gasteiger partial charge in [-0.3, -0.25) is 0 Å². The molecule has 0 spiro atoms. The van der Waals surface area contributed by atoms with Gasteiger partial charge in [0.1, 0.15) is 19.0 Å². The van der Waals surface area contributed by atoms with Crippen LogP contribution in [-0.4, -0.2) is 30.2 Å². The topological polar surface area (TPSA) is 56.7 Å². The van der Waals surface area contributed by atoms with Gasteiger partial charge in [-0.15, -0.1) is 0 Å². The summed E-state index contributed by atoms with van der Waals surface area (Å²) >= 11 is 0. The molecule has 0 bridgehead atoms. The minimum absolute atomic E-state index is 0.0189. The second kappa shape index (κ2) is 13.6. The maximum absolute atomic E-state index is 15.7. The molecule has 1 aliphatic heterocycles. The standard InChI is InChI=1S/C37H33F2N3O3/c1-25-31(22-40-37(43-2)35(25)39)28-17-19-42(20-18-28)33-15-13-29(21-32(33)38)30-14-16-34(44-23-26-9-5-3-6-10-26)41-36(30)45-24-27-11-7-4-8-12-27/h3-17,21-22H,18-20,23-24H2,1-2H3. The van der Waals surface area contributed by atoms with Gasteiger partial charge >= 0.3 is 0 Å². The van der Waals surface area contributed by atoms with Crippen molar-refractivity contribution < 1.29 is 23.0 Å². The molecule has 0 radical (unpaired) electrons. The molecule has 0 unspecified atom stereocenters. The molecule has 0 saturated heterocycles. The second-order valence-electron chi connectivity index (χ2n) is 10.8. The smallest absolute Gasteiger partial charge is 0.250 e. The summed E-state index contributed by atoms with van der Waals surface area (Å²) in [6.07, 6.45) is 4.26. The summed E-state index contributed by atoms with van der Waals surface area (Å²) in [5.74, 6) is -0.0539. The molecular formula is C37H33F2N3O3. The van der Waals surface area contributed by atoms with Gasteiger partial charge in [-0.25, -0.2) is 13.8 Å². The number of anilines is 1. The fraction of sp³-hybridized carbons (Fsp3) is 0.189. The Balaban J connectivity index is 1.22. The minimum atomic E-state index is -0.461. The van der Waals surface area contributed by atoms with Crippen molar-refractivity contribution in [3.8, 4) is 28.8 Å². The molecule has 5 aromatic rings. The predicted molar refractivity (Wildman–Crippen MR) is 171 cm³/mol. The molecule has 1 aliphatic rings. The maximum atomic E-state index is 15.7. The molecule has 2 aromatic heterocycles. The number of pyridine rings is 2. The van der Waals surface area contributed by atoms with Crippen LogP contribution in [0.5, 0.6) is 17.6 Å². The van der Waals surface area contributed by atoms with Crippen molar-refractivity contribution in [3.05, 3.63) is 137 Å². The summed E-state index contributed by atoms with van der Waals surface area (Å²) in [6.45, 7) is 3.45. The molecular weight excluding hydrogens is 572 g/mol. The zero-order valence-electron chi connectivity index (χ0n) is 25.2. The van der Waals surface area contributed by atoms with Crippen LogP contribution in [0.3, 0.4) is 0 Å². The first kappa shape index (κ1) is 29.8. The summed E-state index contributed by atoms with van der Waals surface area (Å²) in [4.78, 5) is 10.7. The summed E-state index contributed by atoms with van der Waals surface area (Å²) in [5, 5.41) is 0. The molecule has 0 N–H and O–H groups in total. The highest BCUT2D eigenvalue weighted by Crippen LogP contribution is 2.36. The highest BCUT2D eigenvalue weighted by molar-refractivity contribution is 5.73. The van der Waals surface area contributed by atoms with E-state index in [1.807, 2.05) is 83.8 Å². The van der Waals surface area contributed by atoms with Crippen molar-refractivity contribution in [1.82, 2.24) is 9.97 Å². The van der Waals surface area contributed by atoms with Crippen LogP contribution >= 0.6 is 0 Å². The largest absolute Gasteiger partial charge is 0.479 e. The van der Waals surface area contributed by atoms with Crippen molar-refractivity contribution in [2.24, 2.45) is 0 Å². The predicted octanol–water partition coefficient (Wildman–Crippen LogP) is 8.19. The zero-order valence-corrected chi connectivity index (χ0v) is 25.2. The van der Waals surface area contributed by atoms with Gasteiger partial charge in [0.2, 0.25) is 17.6 Å². The monoisotopic (exact) mass is 605 g/mol. The van der Waals surface area contributed by atoms with E-state index in [0.717, 1.165) is 22.3 Å². The van der Waals surface area contributed by atoms with Crippen LogP contribution in [0.1, 0.15) is 28.7 Å². The summed E-state index contributed by atoms with van der Waals surface area (Å²) in [7, 11) is 1.40. The molecule has 45 heavy (non-hydrogen) atoms. The van der Waals surface area contributed by atoms with E-state index in [1.54, 1.807) is 25.3 Å². The number of hydrogen-bond donors (Lipinski definition) is 0. The van der Waals surface area contributed by atoms with E-state index in [2.05, 4.69) is 9.97 Å². The van der Waals surface area contributed by atoms with Crippen LogP contribution in [0.2, 0.25) is 0 Å². The van der Waals surface area contributed by atoms with Crippen LogP contribution < -0.4 is 19.1 Å². The lowest BCUT2D eigenvalue weighted by Crippen LogP contribution is -2.29. The highest BCUT2D eigenvalue weighted by Gasteiger charge is 2.21. The Hall–Kier alpha value is -5.24. The van der Waals surface area contributed by atoms with Crippen LogP contribution in [0.4, 0.5) is 14.5 Å². The lowest BCUT2D eigenvalue weighted by Gasteiger charge is -2.29. The van der Waals surface area contributed by atoms with Crippen molar-refractivity contribution in [2.75, 3.05) is 25.1 Å². The Morgan fingerprint density at radius 1 is 0.800 bits per heavy atom. The fourth-order valence-electron chi connectivity index (χ4n) is 5.38. The average Bonchev–Trinajstić information content (AvgIpc) is 3.09. The second-order valence-corrected chi connectivity index (χ2v) is 10.8. The van der Waals surface area contributed by atoms with Gasteiger partial charge in [-0.1, -0.05) is 72.8 Å². The number of halogens is 2. The molecule has 0 amide bonds. The van der Waals surface area contributed by atoms with Crippen molar-refractivity contribution in [2.45, 2.75) is 26.6 Å². The van der Waals surface area contributed by atoms with Crippen LogP contribution in [0.15, 0.2) is 103 Å². The van der Waals surface area contributed by atoms with Crippen LogP contribution in [0.25, 0.3) is 16.7 Å². The van der Waals surface area contributed by atoms with E-state index in [1.165, 1.54) is 13.2 Å². The van der Waals surface area contributed by atoms with Gasteiger partial charge in [0.15, 0.2) is 5.82 Å². The molecule has 6 rings (SSSR count). The highest BCUT2D eigenvalue weighted by atomic mass is 19.1. The summed E-state index contributed by atoms with van der Waals surface area (Å²) < 4.78 is 47.4. The van der Waals surface area contributed by atoms with E-state index in [9.17, 15) is 4.39 Å². The first-order valence-corrected chi connectivity index (χ1v) is 14.8. The van der Waals surface area contributed by atoms with E-state index in [0.29, 0.717) is 66.9 Å². The van der Waals surface area contributed by atoms with E-state index in [4.69, 9.17) is 14.2 Å². The number of methoxy groups -OCH3 is 1. The van der Waals surface area contributed by atoms with Gasteiger partial charge in [-0.2, -0.15) is 4.98 Å². The molecule has 3 heterocycles. The first-order chi connectivity index (χ1) is 22.0. The van der Waals surface area contributed by atoms with Crippen molar-refractivity contribution in [3.63, 3.8) is 0 Å². The Morgan fingerprint density at radius 3 is 2.16 bits per heavy atom. The lowest BCUT2D eigenvalue weighted by atomic mass is 9.96. The average molecular weight is 606 g/mol. The first-order valence-electron chi connectivity index (χ1n) is 14.8. The van der Waals surface area contributed by atoms with Gasteiger partial charge < -0.3 is 19.1 Å². The molecule has 0 saturated carbocycles. The third-order valence-electron chi connectivity index (χ3n) is 7.86. The Morgan fingerprint density at radius 2 is 1.51 bits per heavy atom. The maximum Gasteiger partial charge on any atom is 0.250 e. The fourth-order valence-corrected chi connectivity index (χ4v) is 5.38. The Labute approximate surface area is 261 Å². The van der Waals surface area contributed by atoms with Crippen LogP contribution in [-0.2, 0) is 13.2 Å². The molecule has 228 valence electrons. The number of nitrogens with zero attached hydrogens (tertiary/aromatic N) is 3. The normalized spacial score (nSPS) is 12.9. The number of ether oxygens (including phenoxy) is 3. The number of benzene rings is 3. The molecule has 0 atom stereocenters. The van der Waals surface area contributed by atoms with Gasteiger partial charge in [0.05, 0.1) is 12.8 Å². The molecule has 6 nitrogen and oxygen atoms in total. The Bertz CT molecular complexity index is 1810. The lowest BCUT2D eigenvalue weighted by molar-refractivity contribution is 0.268. The summed E-state index contributed by atoms with van der Waals surface area (Å²) in [5.41, 5.74) is 6.03. The number of aromatic nitrogens is 2. The number of rotatable bonds is 10. The van der Waals surface area contributed by atoms with Gasteiger partial charge in [-0.05, 0) is 59.4 Å². The number of hydrogen-bond acceptors (Lipinski definition) is 6. The third kappa shape index (κ3) is 6.80. The quantitative estimate of drug-likeness (QED) is 0.160. The third-order valence-corrected chi connectivity index (χ3v) is 7.86. The minimum Gasteiger partial charge on any atom is -0.479 e. The zero-order chi connectivity index (χ0) is 31.2. The summed E-state index contributed by atoms with van der Waals surface area (Å²) in [6, 6.07) is 28.5. The van der Waals surface area contributed by atoms with E-state index >= 15 is 4.39 Å². The van der Waals surface area contributed by atoms with Crippen molar-refractivity contribution in [1.29, 1.82) is 0 Å². The van der Waals surface area contributed by atoms with Crippen molar-refractivity contribution >= 4 is 11.3 Å². The van der Waals surface area contributed by atoms with Gasteiger partial charge in [0.25, 0.3) is 0 Å². The molecule has 0 aliphatic carbocycles. The Kier molecular flexibility index (Phi) is 9.01. The van der Waals surface area contributed by atoms with Gasteiger partial charge in [0, 0.05) is 36.5 Å². The molecule has 8 heteroatoms. The SMILES string of the molecule is COc1ncc(C2=CCN(c3ccc(-c4ccc(OCc5ccccc5)nc4OCc4ccccc4)cc3F)CC2)c(C)c1F. The van der Waals surface area contributed by atoms with Crippen LogP contribution in [0, 0.1) is 18.6 Å². The molecule has 3 aromatic carbocycles. The molecule has 0 fully saturated rings.